The first kappa shape index (κ1) is 46.2. The summed E-state index contributed by atoms with van der Waals surface area (Å²) in [6.07, 6.45) is 1.37. The number of hydrogen-bond donors (Lipinski definition) is 9. The fraction of sp³-hybridized carbons (Fsp3) is 0.519. The lowest BCUT2D eigenvalue weighted by molar-refractivity contribution is -0.121. The van der Waals surface area contributed by atoms with Crippen LogP contribution < -0.4 is 21.8 Å². The Hall–Kier alpha value is -2.48. The predicted octanol–water partition coefficient (Wildman–Crippen LogP) is 0.938. The molecule has 10 N–H and O–H groups in total. The number of nitrogens with one attached hydrogen (secondary N) is 2. The molecule has 5 atom stereocenters. The van der Waals surface area contributed by atoms with Gasteiger partial charge in [-0.15, -0.1) is 0 Å². The SMILES string of the molecule is CC(C)(CNC(=O)CCCCNC(=O)c1ccc(B(O)O)cc1)SSCOC1C[C@H](n2cnc3c(N)ncnc32)O[C@@H]1COP(=O)(O)OP(=O)(O)OP(=O)(O)O. The third kappa shape index (κ3) is 14.7. The van der Waals surface area contributed by atoms with Crippen LogP contribution in [0.25, 0.3) is 11.2 Å². The van der Waals surface area contributed by atoms with Gasteiger partial charge in [-0.25, -0.2) is 28.6 Å². The summed E-state index contributed by atoms with van der Waals surface area (Å²) in [6.45, 7) is 3.73. The number of anilines is 1. The fourth-order valence-electron chi connectivity index (χ4n) is 5.00. The highest BCUT2D eigenvalue weighted by Crippen LogP contribution is 2.66. The zero-order valence-corrected chi connectivity index (χ0v) is 34.0. The molecular weight excluding hydrogens is 846 g/mol. The Morgan fingerprint density at radius 1 is 1.04 bits per heavy atom. The Morgan fingerprint density at radius 2 is 1.75 bits per heavy atom. The molecule has 1 saturated heterocycles. The third-order valence-electron chi connectivity index (χ3n) is 7.61. The topological polar surface area (TPSA) is 347 Å². The smallest absolute Gasteiger partial charge is 0.423 e. The molecule has 0 radical (unpaired) electrons. The molecule has 29 heteroatoms. The Bertz CT molecular complexity index is 1960. The first-order valence-electron chi connectivity index (χ1n) is 16.4. The molecule has 4 rings (SSSR count). The average Bonchev–Trinajstić information content (AvgIpc) is 3.71. The summed E-state index contributed by atoms with van der Waals surface area (Å²) in [5, 5.41) is 24.0. The van der Waals surface area contributed by atoms with E-state index in [9.17, 15) is 33.1 Å². The zero-order valence-electron chi connectivity index (χ0n) is 29.7. The van der Waals surface area contributed by atoms with Gasteiger partial charge < -0.3 is 55.5 Å². The molecule has 1 aromatic carbocycles. The minimum Gasteiger partial charge on any atom is -0.423 e. The maximum atomic E-state index is 12.5. The predicted molar refractivity (Wildman–Crippen MR) is 203 cm³/mol. The van der Waals surface area contributed by atoms with E-state index in [1.807, 2.05) is 13.8 Å². The van der Waals surface area contributed by atoms with Gasteiger partial charge in [0.05, 0.1) is 19.0 Å². The first-order chi connectivity index (χ1) is 26.1. The lowest BCUT2D eigenvalue weighted by Gasteiger charge is -2.24. The minimum absolute atomic E-state index is 0.0631. The number of carbonyl (C=O) groups is 2. The molecule has 1 aliphatic heterocycles. The Kier molecular flexibility index (Phi) is 16.5. The number of imidazole rings is 1. The Morgan fingerprint density at radius 3 is 2.43 bits per heavy atom. The Labute approximate surface area is 327 Å². The molecule has 0 spiro atoms. The van der Waals surface area contributed by atoms with Gasteiger partial charge in [-0.2, -0.15) is 8.62 Å². The minimum atomic E-state index is -5.74. The highest BCUT2D eigenvalue weighted by Gasteiger charge is 2.44. The molecule has 1 aliphatic rings. The van der Waals surface area contributed by atoms with Crippen molar-refractivity contribution < 1.29 is 75.5 Å². The molecule has 0 bridgehead atoms. The molecule has 0 aliphatic carbocycles. The molecule has 56 heavy (non-hydrogen) atoms. The zero-order chi connectivity index (χ0) is 41.3. The van der Waals surface area contributed by atoms with Crippen LogP contribution in [0.15, 0.2) is 36.9 Å². The number of nitrogens with two attached hydrogens (primary N) is 1. The molecule has 3 unspecified atom stereocenters. The number of nitrogen functional groups attached to an aromatic ring is 1. The number of carbonyl (C=O) groups excluding carboxylic acids is 2. The van der Waals surface area contributed by atoms with Crippen molar-refractivity contribution in [3.05, 3.63) is 42.5 Å². The average molecular weight is 888 g/mol. The summed E-state index contributed by atoms with van der Waals surface area (Å²) in [6, 6.07) is 5.86. The number of fused-ring (bicyclic) bond motifs is 1. The third-order valence-corrected chi connectivity index (χ3v) is 14.4. The molecule has 3 heterocycles. The number of benzene rings is 1. The first-order valence-corrected chi connectivity index (χ1v) is 23.3. The number of ether oxygens (including phenoxy) is 2. The van der Waals surface area contributed by atoms with Gasteiger partial charge in [-0.05, 0) is 44.3 Å². The normalized spacial score (nSPS) is 19.7. The number of phosphoric ester groups is 1. The maximum Gasteiger partial charge on any atom is 0.490 e. The summed E-state index contributed by atoms with van der Waals surface area (Å²) in [5.74, 6) is -0.312. The van der Waals surface area contributed by atoms with Gasteiger partial charge in [-0.1, -0.05) is 33.7 Å². The van der Waals surface area contributed by atoms with E-state index in [4.69, 9.17) is 39.6 Å². The molecule has 310 valence electrons. The van der Waals surface area contributed by atoms with E-state index in [0.29, 0.717) is 42.7 Å². The highest BCUT2D eigenvalue weighted by molar-refractivity contribution is 8.77. The highest BCUT2D eigenvalue weighted by atomic mass is 33.1. The number of phosphoric acid groups is 3. The quantitative estimate of drug-likeness (QED) is 0.0223. The molecule has 2 aromatic heterocycles. The van der Waals surface area contributed by atoms with E-state index in [0.717, 1.165) is 0 Å². The van der Waals surface area contributed by atoms with Crippen molar-refractivity contribution in [3.63, 3.8) is 0 Å². The summed E-state index contributed by atoms with van der Waals surface area (Å²) in [4.78, 5) is 74.1. The van der Waals surface area contributed by atoms with E-state index in [1.54, 1.807) is 0 Å². The van der Waals surface area contributed by atoms with Gasteiger partial charge >= 0.3 is 30.6 Å². The van der Waals surface area contributed by atoms with Crippen LogP contribution in [0.1, 0.15) is 56.1 Å². The van der Waals surface area contributed by atoms with Crippen LogP contribution in [-0.2, 0) is 41.1 Å². The van der Waals surface area contributed by atoms with Crippen molar-refractivity contribution >= 4 is 86.4 Å². The number of aromatic nitrogens is 4. The second-order valence-corrected chi connectivity index (χ2v) is 20.0. The standard InChI is InChI=1S/C27H41BN7O16P3S2/c1-27(2,13-31-21(36)5-3-4-10-30-26(37)17-6-8-18(9-7-17)28(38)39)56-55-16-47-19-11-22(35-15-34-23-24(29)32-14-33-25(23)35)49-20(19)12-48-53(43,44)51-54(45,46)50-52(40,41)42/h6-9,14-15,19-20,22,38-39H,3-5,10-13,16H2,1-2H3,(H,30,37)(H,31,36)(H,43,44)(H,45,46)(H2,29,32,33)(H2,40,41,42)/t19?,20-,22-/m1/s1. The van der Waals surface area contributed by atoms with Crippen molar-refractivity contribution in [2.24, 2.45) is 0 Å². The largest absolute Gasteiger partial charge is 0.490 e. The van der Waals surface area contributed by atoms with Crippen molar-refractivity contribution in [3.8, 4) is 0 Å². The van der Waals surface area contributed by atoms with E-state index in [-0.39, 0.29) is 41.9 Å². The number of amides is 2. The Balaban J connectivity index is 1.23. The van der Waals surface area contributed by atoms with Gasteiger partial charge in [0, 0.05) is 36.2 Å². The molecular formula is C27H41BN7O16P3S2. The van der Waals surface area contributed by atoms with E-state index in [1.165, 1.54) is 63.1 Å². The number of unbranched alkanes of at least 4 members (excludes halogenated alkanes) is 1. The number of nitrogens with zero attached hydrogens (tertiary/aromatic N) is 4. The monoisotopic (exact) mass is 887 g/mol. The van der Waals surface area contributed by atoms with E-state index < -0.39 is 60.4 Å². The number of rotatable bonds is 22. The van der Waals surface area contributed by atoms with Crippen molar-refractivity contribution in [1.82, 2.24) is 30.2 Å². The summed E-state index contributed by atoms with van der Waals surface area (Å²) in [5.41, 5.74) is 7.14. The van der Waals surface area contributed by atoms with E-state index >= 15 is 0 Å². The second-order valence-electron chi connectivity index (χ2n) is 12.6. The second kappa shape index (κ2) is 20.0. The van der Waals surface area contributed by atoms with Gasteiger partial charge in [0.15, 0.2) is 11.5 Å². The van der Waals surface area contributed by atoms with Crippen molar-refractivity contribution in [2.75, 3.05) is 31.4 Å². The fourth-order valence-corrected chi connectivity index (χ4v) is 10.2. The van der Waals surface area contributed by atoms with Crippen LogP contribution in [0.5, 0.6) is 0 Å². The van der Waals surface area contributed by atoms with Gasteiger partial charge in [-0.3, -0.25) is 18.7 Å². The molecule has 23 nitrogen and oxygen atoms in total. The van der Waals surface area contributed by atoms with Crippen LogP contribution in [0.2, 0.25) is 0 Å². The van der Waals surface area contributed by atoms with Crippen molar-refractivity contribution in [2.45, 2.75) is 62.7 Å². The van der Waals surface area contributed by atoms with Gasteiger partial charge in [0.25, 0.3) is 5.91 Å². The van der Waals surface area contributed by atoms with Crippen LogP contribution in [0, 0.1) is 0 Å². The molecule has 0 saturated carbocycles. The van der Waals surface area contributed by atoms with Gasteiger partial charge in [0.2, 0.25) is 5.91 Å². The van der Waals surface area contributed by atoms with Crippen molar-refractivity contribution in [1.29, 1.82) is 0 Å². The lowest BCUT2D eigenvalue weighted by atomic mass is 9.80. The molecule has 3 aromatic rings. The van der Waals surface area contributed by atoms with Crippen LogP contribution >= 0.6 is 45.1 Å². The lowest BCUT2D eigenvalue weighted by Crippen LogP contribution is -2.36. The van der Waals surface area contributed by atoms with Gasteiger partial charge in [0.1, 0.15) is 30.1 Å². The summed E-state index contributed by atoms with van der Waals surface area (Å²) in [7, 11) is -15.7. The van der Waals surface area contributed by atoms with Crippen LogP contribution in [0.3, 0.4) is 0 Å². The van der Waals surface area contributed by atoms with Crippen LogP contribution in [0.4, 0.5) is 5.82 Å². The van der Waals surface area contributed by atoms with E-state index in [2.05, 4.69) is 34.2 Å². The number of hydrogen-bond acceptors (Lipinski definition) is 18. The molecule has 1 fully saturated rings. The summed E-state index contributed by atoms with van der Waals surface area (Å²) < 4.78 is 60.7. The maximum absolute atomic E-state index is 12.5. The van der Waals surface area contributed by atoms with Crippen LogP contribution in [-0.4, -0.2) is 111 Å². The summed E-state index contributed by atoms with van der Waals surface area (Å²) >= 11 is 0. The molecule has 2 amide bonds.